The fourth-order valence-corrected chi connectivity index (χ4v) is 4.24. The van der Waals surface area contributed by atoms with Crippen molar-refractivity contribution in [2.75, 3.05) is 16.6 Å². The van der Waals surface area contributed by atoms with Crippen LogP contribution >= 0.6 is 11.6 Å². The van der Waals surface area contributed by atoms with Gasteiger partial charge in [0.1, 0.15) is 0 Å². The van der Waals surface area contributed by atoms with Crippen LogP contribution in [0.25, 0.3) is 0 Å². The van der Waals surface area contributed by atoms with Gasteiger partial charge >= 0.3 is 0 Å². The van der Waals surface area contributed by atoms with Gasteiger partial charge in [-0.1, -0.05) is 29.8 Å². The Morgan fingerprint density at radius 2 is 1.58 bits per heavy atom. The van der Waals surface area contributed by atoms with E-state index in [0.717, 1.165) is 5.56 Å². The topological polar surface area (TPSA) is 104 Å². The number of carbonyl (C=O) groups excluding carboxylic acids is 2. The summed E-state index contributed by atoms with van der Waals surface area (Å²) >= 11 is 5.81. The second-order valence-corrected chi connectivity index (χ2v) is 9.48. The van der Waals surface area contributed by atoms with Gasteiger partial charge < -0.3 is 10.6 Å². The predicted octanol–water partition coefficient (Wildman–Crippen LogP) is 4.60. The van der Waals surface area contributed by atoms with E-state index in [1.807, 2.05) is 19.1 Å². The highest BCUT2D eigenvalue weighted by Gasteiger charge is 2.16. The Bertz CT molecular complexity index is 1230. The Morgan fingerprint density at radius 3 is 2.24 bits per heavy atom. The summed E-state index contributed by atoms with van der Waals surface area (Å²) in [6.07, 6.45) is 0.697. The van der Waals surface area contributed by atoms with E-state index in [0.29, 0.717) is 34.9 Å². The molecule has 33 heavy (non-hydrogen) atoms. The highest BCUT2D eigenvalue weighted by molar-refractivity contribution is 7.92. The molecular formula is C24H24ClN3O4S. The molecular weight excluding hydrogens is 462 g/mol. The number of amides is 2. The van der Waals surface area contributed by atoms with Gasteiger partial charge in [-0.05, 0) is 73.5 Å². The summed E-state index contributed by atoms with van der Waals surface area (Å²) in [6, 6.07) is 19.5. The molecule has 3 aromatic carbocycles. The minimum atomic E-state index is -3.77. The van der Waals surface area contributed by atoms with E-state index < -0.39 is 10.0 Å². The average molecular weight is 486 g/mol. The highest BCUT2D eigenvalue weighted by Crippen LogP contribution is 2.19. The molecule has 0 aromatic heterocycles. The van der Waals surface area contributed by atoms with Crippen LogP contribution in [-0.2, 0) is 14.8 Å². The molecule has 2 amide bonds. The van der Waals surface area contributed by atoms with Gasteiger partial charge in [0.25, 0.3) is 15.9 Å². The van der Waals surface area contributed by atoms with Crippen LogP contribution in [-0.4, -0.2) is 26.8 Å². The van der Waals surface area contributed by atoms with Crippen LogP contribution < -0.4 is 15.4 Å². The Morgan fingerprint density at radius 1 is 0.909 bits per heavy atom. The summed E-state index contributed by atoms with van der Waals surface area (Å²) < 4.78 is 27.8. The van der Waals surface area contributed by atoms with Gasteiger partial charge in [0.2, 0.25) is 5.91 Å². The molecule has 9 heteroatoms. The second kappa shape index (κ2) is 11.0. The van der Waals surface area contributed by atoms with E-state index in [9.17, 15) is 18.0 Å². The van der Waals surface area contributed by atoms with Crippen molar-refractivity contribution in [1.82, 2.24) is 5.32 Å². The normalized spacial score (nSPS) is 11.0. The maximum atomic E-state index is 12.6. The summed E-state index contributed by atoms with van der Waals surface area (Å²) in [5.41, 5.74) is 2.29. The van der Waals surface area contributed by atoms with Crippen molar-refractivity contribution in [3.63, 3.8) is 0 Å². The minimum absolute atomic E-state index is 0.0566. The van der Waals surface area contributed by atoms with Crippen molar-refractivity contribution >= 4 is 44.8 Å². The first kappa shape index (κ1) is 24.3. The number of hydrogen-bond acceptors (Lipinski definition) is 4. The molecule has 3 aromatic rings. The fourth-order valence-electron chi connectivity index (χ4n) is 2.99. The molecule has 0 aliphatic heterocycles. The first-order valence-electron chi connectivity index (χ1n) is 10.3. The van der Waals surface area contributed by atoms with Gasteiger partial charge in [-0.25, -0.2) is 8.42 Å². The molecule has 0 atom stereocenters. The summed E-state index contributed by atoms with van der Waals surface area (Å²) in [4.78, 5) is 24.4. The van der Waals surface area contributed by atoms with Crippen molar-refractivity contribution in [3.05, 3.63) is 88.9 Å². The van der Waals surface area contributed by atoms with E-state index in [1.54, 1.807) is 36.4 Å². The molecule has 0 fully saturated rings. The van der Waals surface area contributed by atoms with E-state index in [1.165, 1.54) is 24.3 Å². The summed E-state index contributed by atoms with van der Waals surface area (Å²) in [7, 11) is -3.77. The van der Waals surface area contributed by atoms with Crippen molar-refractivity contribution in [3.8, 4) is 0 Å². The third-order valence-electron chi connectivity index (χ3n) is 4.81. The van der Waals surface area contributed by atoms with E-state index >= 15 is 0 Å². The van der Waals surface area contributed by atoms with Crippen LogP contribution in [0.3, 0.4) is 0 Å². The molecule has 3 rings (SSSR count). The number of sulfonamides is 1. The van der Waals surface area contributed by atoms with Crippen LogP contribution in [0.4, 0.5) is 11.4 Å². The van der Waals surface area contributed by atoms with E-state index in [4.69, 9.17) is 11.6 Å². The van der Waals surface area contributed by atoms with Crippen LogP contribution in [0.15, 0.2) is 77.7 Å². The molecule has 0 unspecified atom stereocenters. The number of benzene rings is 3. The molecule has 172 valence electrons. The number of nitrogens with one attached hydrogen (secondary N) is 3. The molecule has 0 aliphatic rings. The number of halogens is 1. The molecule has 0 radical (unpaired) electrons. The van der Waals surface area contributed by atoms with Crippen molar-refractivity contribution in [2.45, 2.75) is 24.7 Å². The second-order valence-electron chi connectivity index (χ2n) is 7.36. The van der Waals surface area contributed by atoms with Crippen molar-refractivity contribution < 1.29 is 18.0 Å². The SMILES string of the molecule is Cc1ccccc1NS(=O)(=O)c1ccc(C(=O)NCCCC(=O)Nc2ccc(Cl)cc2)cc1. The lowest BCUT2D eigenvalue weighted by molar-refractivity contribution is -0.116. The van der Waals surface area contributed by atoms with E-state index in [2.05, 4.69) is 15.4 Å². The monoisotopic (exact) mass is 485 g/mol. The van der Waals surface area contributed by atoms with Crippen molar-refractivity contribution in [1.29, 1.82) is 0 Å². The highest BCUT2D eigenvalue weighted by atomic mass is 35.5. The number of para-hydroxylation sites is 1. The molecule has 0 saturated carbocycles. The summed E-state index contributed by atoms with van der Waals surface area (Å²) in [6.45, 7) is 2.12. The zero-order valence-corrected chi connectivity index (χ0v) is 19.5. The maximum Gasteiger partial charge on any atom is 0.261 e. The van der Waals surface area contributed by atoms with Gasteiger partial charge in [0.05, 0.1) is 10.6 Å². The zero-order chi connectivity index (χ0) is 23.8. The van der Waals surface area contributed by atoms with Crippen molar-refractivity contribution in [2.24, 2.45) is 0 Å². The molecule has 0 heterocycles. The Hall–Kier alpha value is -3.36. The molecule has 3 N–H and O–H groups in total. The summed E-state index contributed by atoms with van der Waals surface area (Å²) in [5, 5.41) is 6.07. The number of hydrogen-bond donors (Lipinski definition) is 3. The van der Waals surface area contributed by atoms with Gasteiger partial charge in [0.15, 0.2) is 0 Å². The number of anilines is 2. The van der Waals surface area contributed by atoms with Crippen LogP contribution in [0, 0.1) is 6.92 Å². The maximum absolute atomic E-state index is 12.6. The standard InChI is InChI=1S/C24H24ClN3O4S/c1-17-5-2-3-6-22(17)28-33(31,32)21-14-8-18(9-15-21)24(30)26-16-4-7-23(29)27-20-12-10-19(25)11-13-20/h2-3,5-6,8-15,28H,4,7,16H2,1H3,(H,26,30)(H,27,29). The quantitative estimate of drug-likeness (QED) is 0.385. The predicted molar refractivity (Wildman–Crippen MR) is 130 cm³/mol. The first-order valence-corrected chi connectivity index (χ1v) is 12.1. The number of aryl methyl sites for hydroxylation is 1. The Balaban J connectivity index is 1.47. The zero-order valence-electron chi connectivity index (χ0n) is 18.0. The van der Waals surface area contributed by atoms with Crippen LogP contribution in [0.2, 0.25) is 5.02 Å². The third kappa shape index (κ3) is 7.06. The Labute approximate surface area is 198 Å². The van der Waals surface area contributed by atoms with Gasteiger partial charge in [0, 0.05) is 29.2 Å². The smallest absolute Gasteiger partial charge is 0.261 e. The lowest BCUT2D eigenvalue weighted by atomic mass is 10.2. The molecule has 7 nitrogen and oxygen atoms in total. The fraction of sp³-hybridized carbons (Fsp3) is 0.167. The molecule has 0 aliphatic carbocycles. The van der Waals surface area contributed by atoms with Gasteiger partial charge in [-0.2, -0.15) is 0 Å². The molecule has 0 spiro atoms. The molecule has 0 saturated heterocycles. The number of rotatable bonds is 9. The van der Waals surface area contributed by atoms with E-state index in [-0.39, 0.29) is 23.1 Å². The summed E-state index contributed by atoms with van der Waals surface area (Å²) in [5.74, 6) is -0.508. The van der Waals surface area contributed by atoms with Gasteiger partial charge in [-0.3, -0.25) is 14.3 Å². The Kier molecular flexibility index (Phi) is 8.08. The molecule has 0 bridgehead atoms. The lowest BCUT2D eigenvalue weighted by Gasteiger charge is -2.11. The largest absolute Gasteiger partial charge is 0.352 e. The van der Waals surface area contributed by atoms with Crippen LogP contribution in [0.1, 0.15) is 28.8 Å². The number of carbonyl (C=O) groups is 2. The third-order valence-corrected chi connectivity index (χ3v) is 6.44. The van der Waals surface area contributed by atoms with Gasteiger partial charge in [-0.15, -0.1) is 0 Å². The lowest BCUT2D eigenvalue weighted by Crippen LogP contribution is -2.25. The average Bonchev–Trinajstić information content (AvgIpc) is 2.79. The van der Waals surface area contributed by atoms with Crippen LogP contribution in [0.5, 0.6) is 0 Å². The first-order chi connectivity index (χ1) is 15.7. The minimum Gasteiger partial charge on any atom is -0.352 e.